The molecular formula is C22H28BrN3O2. The molecule has 5 nitrogen and oxygen atoms in total. The van der Waals surface area contributed by atoms with E-state index in [4.69, 9.17) is 0 Å². The van der Waals surface area contributed by atoms with E-state index in [1.54, 1.807) is 6.92 Å². The Morgan fingerprint density at radius 3 is 1.89 bits per heavy atom. The molecule has 1 heterocycles. The minimum absolute atomic E-state index is 0.139. The maximum absolute atomic E-state index is 12.4. The summed E-state index contributed by atoms with van der Waals surface area (Å²) >= 11 is 3.48. The highest BCUT2D eigenvalue weighted by molar-refractivity contribution is 9.10. The maximum atomic E-state index is 12.4. The van der Waals surface area contributed by atoms with E-state index in [0.29, 0.717) is 12.0 Å². The lowest BCUT2D eigenvalue weighted by Gasteiger charge is -2.37. The van der Waals surface area contributed by atoms with Crippen LogP contribution >= 0.6 is 15.9 Å². The Hall–Kier alpha value is -2.05. The van der Waals surface area contributed by atoms with Crippen molar-refractivity contribution in [3.05, 3.63) is 58.6 Å². The zero-order valence-corrected chi connectivity index (χ0v) is 18.0. The lowest BCUT2D eigenvalue weighted by Crippen LogP contribution is -2.46. The minimum atomic E-state index is -0.560. The third kappa shape index (κ3) is 5.06. The number of nitrogens with zero attached hydrogens (tertiary/aromatic N) is 2. The van der Waals surface area contributed by atoms with Gasteiger partial charge in [0.2, 0.25) is 0 Å². The average Bonchev–Trinajstić information content (AvgIpc) is 2.72. The summed E-state index contributed by atoms with van der Waals surface area (Å²) in [5, 5.41) is 12.6. The van der Waals surface area contributed by atoms with Crippen LogP contribution in [0.4, 0.5) is 11.4 Å². The van der Waals surface area contributed by atoms with Gasteiger partial charge < -0.3 is 20.2 Å². The molecule has 2 N–H and O–H groups in total. The minimum Gasteiger partial charge on any atom is -0.391 e. The molecule has 1 fully saturated rings. The number of hydrogen-bond acceptors (Lipinski definition) is 4. The van der Waals surface area contributed by atoms with Crippen molar-refractivity contribution in [1.82, 2.24) is 5.32 Å². The summed E-state index contributed by atoms with van der Waals surface area (Å²) in [5.74, 6) is -0.139. The molecule has 150 valence electrons. The van der Waals surface area contributed by atoms with Crippen LogP contribution in [-0.4, -0.2) is 49.3 Å². The van der Waals surface area contributed by atoms with E-state index in [2.05, 4.69) is 55.3 Å². The Kier molecular flexibility index (Phi) is 6.97. The fourth-order valence-electron chi connectivity index (χ4n) is 3.51. The van der Waals surface area contributed by atoms with E-state index in [9.17, 15) is 9.90 Å². The topological polar surface area (TPSA) is 55.8 Å². The van der Waals surface area contributed by atoms with Crippen molar-refractivity contribution in [2.24, 2.45) is 0 Å². The first-order valence-corrected chi connectivity index (χ1v) is 10.6. The van der Waals surface area contributed by atoms with Crippen molar-refractivity contribution >= 4 is 33.2 Å². The van der Waals surface area contributed by atoms with Crippen LogP contribution in [-0.2, 0) is 0 Å². The van der Waals surface area contributed by atoms with E-state index in [1.807, 2.05) is 31.2 Å². The van der Waals surface area contributed by atoms with Crippen molar-refractivity contribution in [1.29, 1.82) is 0 Å². The molecule has 0 spiro atoms. The summed E-state index contributed by atoms with van der Waals surface area (Å²) in [4.78, 5) is 17.1. The first kappa shape index (κ1) is 20.7. The van der Waals surface area contributed by atoms with Crippen molar-refractivity contribution in [3.8, 4) is 0 Å². The lowest BCUT2D eigenvalue weighted by atomic mass is 10.1. The monoisotopic (exact) mass is 445 g/mol. The second kappa shape index (κ2) is 9.43. The molecule has 0 bridgehead atoms. The highest BCUT2D eigenvalue weighted by Gasteiger charge is 2.19. The van der Waals surface area contributed by atoms with Gasteiger partial charge in [-0.25, -0.2) is 0 Å². The van der Waals surface area contributed by atoms with Gasteiger partial charge in [0.1, 0.15) is 0 Å². The Morgan fingerprint density at radius 1 is 1.00 bits per heavy atom. The van der Waals surface area contributed by atoms with Gasteiger partial charge in [-0.15, -0.1) is 0 Å². The van der Waals surface area contributed by atoms with Crippen LogP contribution in [0.15, 0.2) is 53.0 Å². The smallest absolute Gasteiger partial charge is 0.251 e. The number of carbonyl (C=O) groups excluding carboxylic acids is 1. The molecular weight excluding hydrogens is 418 g/mol. The van der Waals surface area contributed by atoms with Crippen LogP contribution in [0.1, 0.15) is 30.6 Å². The standard InChI is InChI=1S/C22H28BrN3O2/c1-3-21(16(2)27)24-22(28)17-4-8-19(9-5-17)25-12-14-26(15-13-25)20-10-6-18(23)7-11-20/h4-11,16,21,27H,3,12-15H2,1-2H3,(H,24,28)/t16-,21-/m0/s1. The number of aliphatic hydroxyl groups excluding tert-OH is 1. The second-order valence-electron chi connectivity index (χ2n) is 7.23. The van der Waals surface area contributed by atoms with Gasteiger partial charge in [0.15, 0.2) is 0 Å². The van der Waals surface area contributed by atoms with E-state index in [1.165, 1.54) is 5.69 Å². The summed E-state index contributed by atoms with van der Waals surface area (Å²) in [6, 6.07) is 16.0. The molecule has 0 unspecified atom stereocenters. The number of anilines is 2. The van der Waals surface area contributed by atoms with Crippen LogP contribution in [0.2, 0.25) is 0 Å². The Morgan fingerprint density at radius 2 is 1.46 bits per heavy atom. The molecule has 0 aliphatic carbocycles. The van der Waals surface area contributed by atoms with Crippen molar-refractivity contribution < 1.29 is 9.90 Å². The molecule has 6 heteroatoms. The maximum Gasteiger partial charge on any atom is 0.251 e. The number of piperazine rings is 1. The first-order chi connectivity index (χ1) is 13.5. The number of rotatable bonds is 6. The summed E-state index contributed by atoms with van der Waals surface area (Å²) in [7, 11) is 0. The van der Waals surface area contributed by atoms with Crippen molar-refractivity contribution in [3.63, 3.8) is 0 Å². The summed E-state index contributed by atoms with van der Waals surface area (Å²) < 4.78 is 1.10. The van der Waals surface area contributed by atoms with Crippen molar-refractivity contribution in [2.75, 3.05) is 36.0 Å². The van der Waals surface area contributed by atoms with Crippen LogP contribution < -0.4 is 15.1 Å². The second-order valence-corrected chi connectivity index (χ2v) is 8.14. The van der Waals surface area contributed by atoms with Gasteiger partial charge in [0.25, 0.3) is 5.91 Å². The number of amides is 1. The molecule has 1 aliphatic rings. The number of halogens is 1. The number of aliphatic hydroxyl groups is 1. The summed E-state index contributed by atoms with van der Waals surface area (Å²) in [6.45, 7) is 7.48. The quantitative estimate of drug-likeness (QED) is 0.711. The molecule has 28 heavy (non-hydrogen) atoms. The molecule has 3 rings (SSSR count). The highest BCUT2D eigenvalue weighted by Crippen LogP contribution is 2.22. The third-order valence-corrected chi connectivity index (χ3v) is 5.83. The fraction of sp³-hybridized carbons (Fsp3) is 0.409. The van der Waals surface area contributed by atoms with Crippen molar-refractivity contribution in [2.45, 2.75) is 32.4 Å². The van der Waals surface area contributed by atoms with Crippen LogP contribution in [0.25, 0.3) is 0 Å². The van der Waals surface area contributed by atoms with Gasteiger partial charge in [-0.2, -0.15) is 0 Å². The average molecular weight is 446 g/mol. The molecule has 1 amide bonds. The molecule has 1 aliphatic heterocycles. The normalized spacial score (nSPS) is 16.6. The van der Waals surface area contributed by atoms with Crippen LogP contribution in [0.3, 0.4) is 0 Å². The van der Waals surface area contributed by atoms with Gasteiger partial charge in [0, 0.05) is 47.6 Å². The van der Waals surface area contributed by atoms with Crippen LogP contribution in [0.5, 0.6) is 0 Å². The predicted molar refractivity (Wildman–Crippen MR) is 118 cm³/mol. The predicted octanol–water partition coefficient (Wildman–Crippen LogP) is 3.66. The molecule has 0 saturated carbocycles. The molecule has 1 saturated heterocycles. The van der Waals surface area contributed by atoms with E-state index in [0.717, 1.165) is 36.3 Å². The molecule has 2 aromatic carbocycles. The SMILES string of the molecule is CC[C@H](NC(=O)c1ccc(N2CCN(c3ccc(Br)cc3)CC2)cc1)[C@H](C)O. The number of benzene rings is 2. The lowest BCUT2D eigenvalue weighted by molar-refractivity contribution is 0.0855. The number of hydrogen-bond donors (Lipinski definition) is 2. The summed E-state index contributed by atoms with van der Waals surface area (Å²) in [5.41, 5.74) is 3.00. The number of nitrogens with one attached hydrogen (secondary N) is 1. The van der Waals surface area contributed by atoms with Gasteiger partial charge >= 0.3 is 0 Å². The van der Waals surface area contributed by atoms with Gasteiger partial charge in [-0.3, -0.25) is 4.79 Å². The van der Waals surface area contributed by atoms with Gasteiger partial charge in [0.05, 0.1) is 12.1 Å². The summed E-state index contributed by atoms with van der Waals surface area (Å²) in [6.07, 6.45) is 0.139. The molecule has 2 aromatic rings. The zero-order chi connectivity index (χ0) is 20.1. The van der Waals surface area contributed by atoms with E-state index in [-0.39, 0.29) is 11.9 Å². The Labute approximate surface area is 175 Å². The van der Waals surface area contributed by atoms with E-state index < -0.39 is 6.10 Å². The van der Waals surface area contributed by atoms with E-state index >= 15 is 0 Å². The van der Waals surface area contributed by atoms with Gasteiger partial charge in [-0.1, -0.05) is 22.9 Å². The van der Waals surface area contributed by atoms with Crippen LogP contribution in [0, 0.1) is 0 Å². The molecule has 2 atom stereocenters. The Balaban J connectivity index is 1.57. The fourth-order valence-corrected chi connectivity index (χ4v) is 3.78. The highest BCUT2D eigenvalue weighted by atomic mass is 79.9. The zero-order valence-electron chi connectivity index (χ0n) is 16.4. The third-order valence-electron chi connectivity index (χ3n) is 5.30. The number of carbonyl (C=O) groups is 1. The molecule has 0 aromatic heterocycles. The largest absolute Gasteiger partial charge is 0.391 e. The molecule has 0 radical (unpaired) electrons. The first-order valence-electron chi connectivity index (χ1n) is 9.82. The Bertz CT molecular complexity index is 769. The van der Waals surface area contributed by atoms with Gasteiger partial charge in [-0.05, 0) is 61.9 Å².